The van der Waals surface area contributed by atoms with E-state index >= 15 is 0 Å². The fourth-order valence-electron chi connectivity index (χ4n) is 2.45. The van der Waals surface area contributed by atoms with Crippen LogP contribution in [0.4, 0.5) is 0 Å². The van der Waals surface area contributed by atoms with Gasteiger partial charge in [-0.1, -0.05) is 6.07 Å². The van der Waals surface area contributed by atoms with Crippen molar-refractivity contribution < 1.29 is 0 Å². The minimum Gasteiger partial charge on any atom is -0.335 e. The van der Waals surface area contributed by atoms with Gasteiger partial charge in [-0.3, -0.25) is 0 Å². The summed E-state index contributed by atoms with van der Waals surface area (Å²) in [6.45, 7) is 5.13. The Labute approximate surface area is 116 Å². The van der Waals surface area contributed by atoms with Crippen LogP contribution in [0.15, 0.2) is 36.9 Å². The van der Waals surface area contributed by atoms with Gasteiger partial charge in [-0.25, -0.2) is 4.98 Å². The molecule has 0 fully saturated rings. The summed E-state index contributed by atoms with van der Waals surface area (Å²) in [6.07, 6.45) is 5.60. The van der Waals surface area contributed by atoms with Crippen LogP contribution in [-0.2, 0) is 6.54 Å². The monoisotopic (exact) mass is 272 g/mol. The summed E-state index contributed by atoms with van der Waals surface area (Å²) in [5.74, 6) is 0. The highest BCUT2D eigenvalue weighted by Gasteiger charge is 2.11. The Hall–Kier alpha value is -1.88. The predicted octanol–water partition coefficient (Wildman–Crippen LogP) is 3.47. The van der Waals surface area contributed by atoms with E-state index in [9.17, 15) is 0 Å². The number of hydrogen-bond donors (Lipinski definition) is 1. The van der Waals surface area contributed by atoms with Gasteiger partial charge in [0.1, 0.15) is 0 Å². The van der Waals surface area contributed by atoms with Gasteiger partial charge in [0.15, 0.2) is 4.77 Å². The number of nitrogens with zero attached hydrogens (tertiary/aromatic N) is 3. The van der Waals surface area contributed by atoms with Crippen molar-refractivity contribution in [3.63, 3.8) is 0 Å². The fraction of sp³-hybridized carbons (Fsp3) is 0.286. The molecule has 19 heavy (non-hydrogen) atoms. The van der Waals surface area contributed by atoms with Crippen LogP contribution < -0.4 is 0 Å². The Morgan fingerprint density at radius 3 is 3.00 bits per heavy atom. The largest absolute Gasteiger partial charge is 0.335 e. The predicted molar refractivity (Wildman–Crippen MR) is 78.8 cm³/mol. The van der Waals surface area contributed by atoms with Crippen LogP contribution in [0.25, 0.3) is 11.0 Å². The molecule has 0 aliphatic carbocycles. The van der Waals surface area contributed by atoms with E-state index in [0.717, 1.165) is 22.3 Å². The van der Waals surface area contributed by atoms with Crippen molar-refractivity contribution in [1.29, 1.82) is 0 Å². The molecule has 0 radical (unpaired) electrons. The van der Waals surface area contributed by atoms with E-state index in [1.807, 2.05) is 12.5 Å². The number of H-pyrrole nitrogens is 1. The third kappa shape index (κ3) is 2.21. The fourth-order valence-corrected chi connectivity index (χ4v) is 2.84. The molecule has 0 saturated heterocycles. The second-order valence-corrected chi connectivity index (χ2v) is 5.32. The minimum atomic E-state index is 0.275. The Balaban J connectivity index is 2.06. The molecule has 0 spiro atoms. The molecule has 0 amide bonds. The Bertz CT molecular complexity index is 751. The summed E-state index contributed by atoms with van der Waals surface area (Å²) in [6, 6.07) is 6.63. The van der Waals surface area contributed by atoms with Crippen molar-refractivity contribution in [2.45, 2.75) is 26.4 Å². The highest BCUT2D eigenvalue weighted by atomic mass is 32.1. The number of imidazole rings is 2. The lowest BCUT2D eigenvalue weighted by Crippen LogP contribution is -2.12. The normalized spacial score (nSPS) is 12.9. The van der Waals surface area contributed by atoms with Gasteiger partial charge in [0.05, 0.1) is 23.4 Å². The maximum Gasteiger partial charge on any atom is 0.178 e. The van der Waals surface area contributed by atoms with Crippen molar-refractivity contribution in [2.24, 2.45) is 0 Å². The molecule has 0 aliphatic heterocycles. The summed E-state index contributed by atoms with van der Waals surface area (Å²) in [7, 11) is 0. The van der Waals surface area contributed by atoms with Gasteiger partial charge in [-0.15, -0.1) is 0 Å². The van der Waals surface area contributed by atoms with Gasteiger partial charge in [-0.2, -0.15) is 0 Å². The van der Waals surface area contributed by atoms with Gasteiger partial charge < -0.3 is 14.1 Å². The molecule has 0 aliphatic rings. The van der Waals surface area contributed by atoms with Crippen molar-refractivity contribution in [1.82, 2.24) is 19.1 Å². The van der Waals surface area contributed by atoms with E-state index in [2.05, 4.69) is 51.1 Å². The average molecular weight is 272 g/mol. The smallest absolute Gasteiger partial charge is 0.178 e. The van der Waals surface area contributed by atoms with Crippen LogP contribution in [0.3, 0.4) is 0 Å². The van der Waals surface area contributed by atoms with E-state index in [-0.39, 0.29) is 6.04 Å². The third-order valence-electron chi connectivity index (χ3n) is 3.35. The minimum absolute atomic E-state index is 0.275. The van der Waals surface area contributed by atoms with Crippen LogP contribution in [0, 0.1) is 11.7 Å². The first-order valence-corrected chi connectivity index (χ1v) is 6.72. The van der Waals surface area contributed by atoms with Crippen molar-refractivity contribution >= 4 is 23.3 Å². The van der Waals surface area contributed by atoms with Gasteiger partial charge in [0.25, 0.3) is 0 Å². The zero-order valence-electron chi connectivity index (χ0n) is 11.0. The molecular formula is C14H16N4S. The number of rotatable bonds is 3. The van der Waals surface area contributed by atoms with Crippen molar-refractivity contribution in [3.8, 4) is 0 Å². The number of aryl methyl sites for hydroxylation is 1. The standard InChI is InChI=1S/C14H16N4S/c1-10-3-4-12-13(7-10)18(14(19)16-12)11(2)8-17-6-5-15-9-17/h3-7,9,11H,8H2,1-2H3,(H,16,19). The molecule has 3 rings (SSSR count). The molecule has 0 bridgehead atoms. The molecule has 2 heterocycles. The molecule has 4 nitrogen and oxygen atoms in total. The first kappa shape index (κ1) is 12.2. The van der Waals surface area contributed by atoms with Crippen LogP contribution >= 0.6 is 12.2 Å². The lowest BCUT2D eigenvalue weighted by atomic mass is 10.2. The van der Waals surface area contributed by atoms with Crippen LogP contribution in [0.5, 0.6) is 0 Å². The number of hydrogen-bond acceptors (Lipinski definition) is 2. The summed E-state index contributed by atoms with van der Waals surface area (Å²) < 4.78 is 5.02. The van der Waals surface area contributed by atoms with Gasteiger partial charge in [-0.05, 0) is 43.8 Å². The van der Waals surface area contributed by atoms with Crippen molar-refractivity contribution in [2.75, 3.05) is 0 Å². The number of nitrogens with one attached hydrogen (secondary N) is 1. The second kappa shape index (κ2) is 4.66. The van der Waals surface area contributed by atoms with E-state index in [1.165, 1.54) is 5.56 Å². The number of fused-ring (bicyclic) bond motifs is 1. The lowest BCUT2D eigenvalue weighted by molar-refractivity contribution is 0.470. The third-order valence-corrected chi connectivity index (χ3v) is 3.65. The molecule has 2 aromatic heterocycles. The van der Waals surface area contributed by atoms with Crippen LogP contribution in [0.2, 0.25) is 0 Å². The zero-order valence-corrected chi connectivity index (χ0v) is 11.8. The van der Waals surface area contributed by atoms with E-state index in [0.29, 0.717) is 0 Å². The zero-order chi connectivity index (χ0) is 13.4. The maximum absolute atomic E-state index is 5.45. The molecule has 3 aromatic rings. The number of aromatic amines is 1. The van der Waals surface area contributed by atoms with E-state index in [1.54, 1.807) is 6.20 Å². The summed E-state index contributed by atoms with van der Waals surface area (Å²) in [5.41, 5.74) is 3.50. The van der Waals surface area contributed by atoms with Gasteiger partial charge in [0.2, 0.25) is 0 Å². The molecule has 98 valence electrons. The van der Waals surface area contributed by atoms with E-state index < -0.39 is 0 Å². The molecule has 1 unspecified atom stereocenters. The molecule has 1 atom stereocenters. The average Bonchev–Trinajstić information content (AvgIpc) is 2.95. The molecule has 1 N–H and O–H groups in total. The quantitative estimate of drug-likeness (QED) is 0.741. The van der Waals surface area contributed by atoms with Gasteiger partial charge in [0, 0.05) is 18.9 Å². The number of benzene rings is 1. The first-order valence-electron chi connectivity index (χ1n) is 6.32. The van der Waals surface area contributed by atoms with Crippen molar-refractivity contribution in [3.05, 3.63) is 47.3 Å². The van der Waals surface area contributed by atoms with Gasteiger partial charge >= 0.3 is 0 Å². The maximum atomic E-state index is 5.45. The lowest BCUT2D eigenvalue weighted by Gasteiger charge is -2.15. The Morgan fingerprint density at radius 1 is 1.42 bits per heavy atom. The Kier molecular flexibility index (Phi) is 2.98. The Morgan fingerprint density at radius 2 is 2.26 bits per heavy atom. The van der Waals surface area contributed by atoms with Crippen LogP contribution in [0.1, 0.15) is 18.5 Å². The van der Waals surface area contributed by atoms with Crippen LogP contribution in [-0.4, -0.2) is 19.1 Å². The first-order chi connectivity index (χ1) is 9.15. The SMILES string of the molecule is Cc1ccc2[nH]c(=S)n(C(C)Cn3ccnc3)c2c1. The highest BCUT2D eigenvalue weighted by Crippen LogP contribution is 2.21. The van der Waals surface area contributed by atoms with E-state index in [4.69, 9.17) is 12.2 Å². The molecule has 0 saturated carbocycles. The molecule has 1 aromatic carbocycles. The molecule has 5 heteroatoms. The molecular weight excluding hydrogens is 256 g/mol. The second-order valence-electron chi connectivity index (χ2n) is 4.93. The summed E-state index contributed by atoms with van der Waals surface area (Å²) >= 11 is 5.45. The summed E-state index contributed by atoms with van der Waals surface area (Å²) in [5, 5.41) is 0. The highest BCUT2D eigenvalue weighted by molar-refractivity contribution is 7.71. The topological polar surface area (TPSA) is 38.5 Å². The number of aromatic nitrogens is 4. The summed E-state index contributed by atoms with van der Waals surface area (Å²) in [4.78, 5) is 7.34.